The summed E-state index contributed by atoms with van der Waals surface area (Å²) in [6.45, 7) is 4.44. The second-order valence-corrected chi connectivity index (χ2v) is 7.82. The van der Waals surface area contributed by atoms with Gasteiger partial charge in [0.15, 0.2) is 0 Å². The van der Waals surface area contributed by atoms with Crippen molar-refractivity contribution < 1.29 is 14.3 Å². The van der Waals surface area contributed by atoms with Crippen LogP contribution in [0.2, 0.25) is 0 Å². The van der Waals surface area contributed by atoms with Crippen LogP contribution >= 0.6 is 0 Å². The molecule has 0 aliphatic carbocycles. The van der Waals surface area contributed by atoms with Crippen LogP contribution in [0.5, 0.6) is 0 Å². The maximum atomic E-state index is 12.1. The number of hydrogen-bond acceptors (Lipinski definition) is 3. The molecule has 1 aliphatic heterocycles. The predicted octanol–water partition coefficient (Wildman–Crippen LogP) is 6.58. The molecule has 1 heterocycles. The molecule has 0 unspecified atom stereocenters. The summed E-state index contributed by atoms with van der Waals surface area (Å²) in [7, 11) is 0. The van der Waals surface area contributed by atoms with Crippen molar-refractivity contribution in [2.24, 2.45) is 11.8 Å². The normalized spacial score (nSPS) is 21.2. The molecule has 0 spiro atoms. The minimum atomic E-state index is -0.260. The van der Waals surface area contributed by atoms with Crippen LogP contribution in [0.1, 0.15) is 117 Å². The van der Waals surface area contributed by atoms with Crippen molar-refractivity contribution in [2.45, 2.75) is 117 Å². The topological polar surface area (TPSA) is 43.4 Å². The highest BCUT2D eigenvalue weighted by Crippen LogP contribution is 2.28. The minimum absolute atomic E-state index is 0.0512. The molecule has 0 N–H and O–H groups in total. The molecule has 2 atom stereocenters. The number of cyclic esters (lactones) is 2. The number of rotatable bonds is 14. The van der Waals surface area contributed by atoms with Gasteiger partial charge in [0.25, 0.3) is 0 Å². The highest BCUT2D eigenvalue weighted by molar-refractivity contribution is 5.88. The SMILES string of the molecule is CCCCCCCC[C@@H]1CC[C@@H](CCCCCCCC)C(=O)OC1=O. The Morgan fingerprint density at radius 2 is 1.00 bits per heavy atom. The first-order valence-electron chi connectivity index (χ1n) is 10.9. The highest BCUT2D eigenvalue weighted by Gasteiger charge is 2.32. The zero-order valence-corrected chi connectivity index (χ0v) is 16.7. The van der Waals surface area contributed by atoms with Crippen molar-refractivity contribution in [3.8, 4) is 0 Å². The monoisotopic (exact) mass is 352 g/mol. The molecular formula is C22H40O3. The van der Waals surface area contributed by atoms with Crippen molar-refractivity contribution >= 4 is 11.9 Å². The van der Waals surface area contributed by atoms with Gasteiger partial charge in [0.1, 0.15) is 0 Å². The van der Waals surface area contributed by atoms with E-state index in [0.717, 1.165) is 38.5 Å². The molecular weight excluding hydrogens is 312 g/mol. The fourth-order valence-electron chi connectivity index (χ4n) is 3.77. The third-order valence-corrected chi connectivity index (χ3v) is 5.54. The molecule has 0 radical (unpaired) electrons. The van der Waals surface area contributed by atoms with E-state index in [1.165, 1.54) is 64.2 Å². The zero-order chi connectivity index (χ0) is 18.3. The van der Waals surface area contributed by atoms with Gasteiger partial charge in [0.05, 0.1) is 11.8 Å². The van der Waals surface area contributed by atoms with Gasteiger partial charge < -0.3 is 4.74 Å². The summed E-state index contributed by atoms with van der Waals surface area (Å²) >= 11 is 0. The van der Waals surface area contributed by atoms with Crippen LogP contribution in [0.15, 0.2) is 0 Å². The van der Waals surface area contributed by atoms with Crippen LogP contribution in [0.3, 0.4) is 0 Å². The number of esters is 2. The number of carbonyl (C=O) groups excluding carboxylic acids is 2. The molecule has 0 aromatic heterocycles. The number of ether oxygens (including phenoxy) is 1. The van der Waals surface area contributed by atoms with Gasteiger partial charge in [-0.15, -0.1) is 0 Å². The molecule has 1 saturated heterocycles. The molecule has 1 fully saturated rings. The molecule has 0 bridgehead atoms. The Balaban J connectivity index is 2.22. The third kappa shape index (κ3) is 10.0. The lowest BCUT2D eigenvalue weighted by Gasteiger charge is -2.11. The number of hydrogen-bond donors (Lipinski definition) is 0. The Morgan fingerprint density at radius 1 is 0.640 bits per heavy atom. The Hall–Kier alpha value is -0.860. The van der Waals surface area contributed by atoms with E-state index in [4.69, 9.17) is 4.74 Å². The maximum absolute atomic E-state index is 12.1. The Labute approximate surface area is 155 Å². The molecule has 1 rings (SSSR count). The molecule has 0 amide bonds. The molecule has 25 heavy (non-hydrogen) atoms. The van der Waals surface area contributed by atoms with Crippen LogP contribution in [-0.2, 0) is 14.3 Å². The van der Waals surface area contributed by atoms with Crippen LogP contribution < -0.4 is 0 Å². The number of unbranched alkanes of at least 4 members (excludes halogenated alkanes) is 10. The van der Waals surface area contributed by atoms with Gasteiger partial charge in [-0.25, -0.2) is 0 Å². The zero-order valence-electron chi connectivity index (χ0n) is 16.7. The van der Waals surface area contributed by atoms with Gasteiger partial charge in [0.2, 0.25) is 0 Å². The summed E-state index contributed by atoms with van der Waals surface area (Å²) in [6, 6.07) is 0. The first kappa shape index (κ1) is 22.2. The molecule has 3 heteroatoms. The fourth-order valence-corrected chi connectivity index (χ4v) is 3.77. The molecule has 1 aliphatic rings. The lowest BCUT2D eigenvalue weighted by molar-refractivity contribution is -0.163. The van der Waals surface area contributed by atoms with E-state index < -0.39 is 0 Å². The van der Waals surface area contributed by atoms with Crippen LogP contribution in [0, 0.1) is 11.8 Å². The standard InChI is InChI=1S/C22H40O3/c1-3-5-7-9-11-13-15-19-17-18-20(22(24)25-21(19)23)16-14-12-10-8-6-4-2/h19-20H,3-18H2,1-2H3/t19-,20-/m1/s1. The predicted molar refractivity (Wildman–Crippen MR) is 103 cm³/mol. The summed E-state index contributed by atoms with van der Waals surface area (Å²) in [5.41, 5.74) is 0. The van der Waals surface area contributed by atoms with Crippen molar-refractivity contribution in [1.29, 1.82) is 0 Å². The fraction of sp³-hybridized carbons (Fsp3) is 0.909. The Bertz CT molecular complexity index is 330. The first-order valence-corrected chi connectivity index (χ1v) is 10.9. The van der Waals surface area contributed by atoms with Gasteiger partial charge in [-0.3, -0.25) is 9.59 Å². The van der Waals surface area contributed by atoms with E-state index in [-0.39, 0.29) is 23.8 Å². The second kappa shape index (κ2) is 14.3. The summed E-state index contributed by atoms with van der Waals surface area (Å²) in [5.74, 6) is -0.623. The highest BCUT2D eigenvalue weighted by atomic mass is 16.6. The molecule has 0 aromatic rings. The smallest absolute Gasteiger partial charge is 0.316 e. The van der Waals surface area contributed by atoms with E-state index in [1.807, 2.05) is 0 Å². The van der Waals surface area contributed by atoms with Crippen molar-refractivity contribution in [2.75, 3.05) is 0 Å². The largest absolute Gasteiger partial charge is 0.393 e. The van der Waals surface area contributed by atoms with Gasteiger partial charge in [-0.1, -0.05) is 90.9 Å². The van der Waals surface area contributed by atoms with Gasteiger partial charge in [-0.05, 0) is 25.7 Å². The first-order chi connectivity index (χ1) is 12.2. The van der Waals surface area contributed by atoms with Crippen molar-refractivity contribution in [3.05, 3.63) is 0 Å². The van der Waals surface area contributed by atoms with Crippen LogP contribution in [0.25, 0.3) is 0 Å². The summed E-state index contributed by atoms with van der Waals surface area (Å²) < 4.78 is 5.15. The summed E-state index contributed by atoms with van der Waals surface area (Å²) in [4.78, 5) is 24.3. The Morgan fingerprint density at radius 3 is 1.40 bits per heavy atom. The van der Waals surface area contributed by atoms with Gasteiger partial charge >= 0.3 is 11.9 Å². The third-order valence-electron chi connectivity index (χ3n) is 5.54. The average molecular weight is 353 g/mol. The lowest BCUT2D eigenvalue weighted by Crippen LogP contribution is -2.20. The van der Waals surface area contributed by atoms with E-state index in [2.05, 4.69) is 13.8 Å². The minimum Gasteiger partial charge on any atom is -0.393 e. The molecule has 3 nitrogen and oxygen atoms in total. The van der Waals surface area contributed by atoms with E-state index in [0.29, 0.717) is 0 Å². The molecule has 146 valence electrons. The summed E-state index contributed by atoms with van der Waals surface area (Å²) in [5, 5.41) is 0. The van der Waals surface area contributed by atoms with Gasteiger partial charge in [-0.2, -0.15) is 0 Å². The Kier molecular flexibility index (Phi) is 12.7. The quantitative estimate of drug-likeness (QED) is 0.201. The van der Waals surface area contributed by atoms with E-state index in [1.54, 1.807) is 0 Å². The molecule has 0 saturated carbocycles. The average Bonchev–Trinajstić information content (AvgIpc) is 2.73. The van der Waals surface area contributed by atoms with E-state index in [9.17, 15) is 9.59 Å². The summed E-state index contributed by atoms with van der Waals surface area (Å²) in [6.07, 6.45) is 18.2. The van der Waals surface area contributed by atoms with Gasteiger partial charge in [0, 0.05) is 0 Å². The van der Waals surface area contributed by atoms with Crippen LogP contribution in [0.4, 0.5) is 0 Å². The van der Waals surface area contributed by atoms with Crippen LogP contribution in [-0.4, -0.2) is 11.9 Å². The van der Waals surface area contributed by atoms with Crippen molar-refractivity contribution in [3.63, 3.8) is 0 Å². The maximum Gasteiger partial charge on any atom is 0.316 e. The van der Waals surface area contributed by atoms with E-state index >= 15 is 0 Å². The number of carbonyl (C=O) groups is 2. The lowest BCUT2D eigenvalue weighted by atomic mass is 9.90. The van der Waals surface area contributed by atoms with Crippen molar-refractivity contribution in [1.82, 2.24) is 0 Å². The molecule has 0 aromatic carbocycles. The second-order valence-electron chi connectivity index (χ2n) is 7.82.